The van der Waals surface area contributed by atoms with Gasteiger partial charge in [-0.3, -0.25) is 4.79 Å². The Hall–Kier alpha value is -1.39. The van der Waals surface area contributed by atoms with Crippen LogP contribution in [0.3, 0.4) is 0 Å². The number of hydrogen-bond donors (Lipinski definition) is 2. The minimum atomic E-state index is 0.162. The molecule has 98 valence electrons. The minimum absolute atomic E-state index is 0.162. The summed E-state index contributed by atoms with van der Waals surface area (Å²) in [4.78, 5) is 13.4. The lowest BCUT2D eigenvalue weighted by atomic mass is 9.93. The highest BCUT2D eigenvalue weighted by Gasteiger charge is 2.25. The van der Waals surface area contributed by atoms with Crippen LogP contribution in [0.15, 0.2) is 18.2 Å². The molecule has 3 N–H and O–H groups in total. The second kappa shape index (κ2) is 5.08. The highest BCUT2D eigenvalue weighted by Crippen LogP contribution is 2.31. The Labute approximate surface area is 108 Å². The number of fused-ring (bicyclic) bond motifs is 1. The normalized spacial score (nSPS) is 17.8. The van der Waals surface area contributed by atoms with Gasteiger partial charge in [0.25, 0.3) is 0 Å². The van der Waals surface area contributed by atoms with Crippen LogP contribution in [0.4, 0.5) is 5.69 Å². The Balaban J connectivity index is 2.32. The Morgan fingerprint density at radius 2 is 2.22 bits per heavy atom. The van der Waals surface area contributed by atoms with E-state index in [0.29, 0.717) is 18.9 Å². The number of anilines is 1. The quantitative estimate of drug-likeness (QED) is 0.836. The summed E-state index contributed by atoms with van der Waals surface area (Å²) < 4.78 is 0. The van der Waals surface area contributed by atoms with Crippen LogP contribution in [0.5, 0.6) is 0 Å². The molecular weight excluding hydrogens is 226 g/mol. The van der Waals surface area contributed by atoms with E-state index in [0.717, 1.165) is 11.3 Å². The van der Waals surface area contributed by atoms with E-state index in [9.17, 15) is 4.79 Å². The number of rotatable bonds is 4. The number of carbonyl (C=O) groups excluding carboxylic acids is 1. The van der Waals surface area contributed by atoms with E-state index >= 15 is 0 Å². The average Bonchev–Trinajstić information content (AvgIpc) is 2.65. The molecule has 1 amide bonds. The molecular formula is C14H21N3O. The average molecular weight is 247 g/mol. The van der Waals surface area contributed by atoms with Crippen LogP contribution in [0.25, 0.3) is 0 Å². The summed E-state index contributed by atoms with van der Waals surface area (Å²) in [5.74, 6) is 0.526. The zero-order valence-electron chi connectivity index (χ0n) is 11.2. The Bertz CT molecular complexity index is 458. The minimum Gasteiger partial charge on any atom is -0.330 e. The molecule has 0 saturated heterocycles. The lowest BCUT2D eigenvalue weighted by molar-refractivity contribution is -0.117. The predicted molar refractivity (Wildman–Crippen MR) is 73.6 cm³/mol. The Kier molecular flexibility index (Phi) is 3.68. The SMILES string of the molecule is CNC(c1ccc2c(c1)CC(=O)N2C)C(C)CN. The van der Waals surface area contributed by atoms with Crippen LogP contribution < -0.4 is 16.0 Å². The monoisotopic (exact) mass is 247 g/mol. The van der Waals surface area contributed by atoms with Crippen molar-refractivity contribution in [3.05, 3.63) is 29.3 Å². The Morgan fingerprint density at radius 3 is 2.83 bits per heavy atom. The van der Waals surface area contributed by atoms with Gasteiger partial charge >= 0.3 is 0 Å². The van der Waals surface area contributed by atoms with Gasteiger partial charge in [-0.2, -0.15) is 0 Å². The van der Waals surface area contributed by atoms with E-state index in [1.54, 1.807) is 4.90 Å². The molecule has 0 saturated carbocycles. The van der Waals surface area contributed by atoms with Crippen LogP contribution in [0.2, 0.25) is 0 Å². The molecule has 4 nitrogen and oxygen atoms in total. The predicted octanol–water partition coefficient (Wildman–Crippen LogP) is 1.06. The van der Waals surface area contributed by atoms with E-state index < -0.39 is 0 Å². The molecule has 1 aliphatic heterocycles. The van der Waals surface area contributed by atoms with Gasteiger partial charge in [0.1, 0.15) is 0 Å². The second-order valence-electron chi connectivity index (χ2n) is 5.00. The zero-order chi connectivity index (χ0) is 13.3. The number of benzene rings is 1. The molecule has 0 spiro atoms. The first-order valence-electron chi connectivity index (χ1n) is 6.35. The van der Waals surface area contributed by atoms with Crippen molar-refractivity contribution in [1.82, 2.24) is 5.32 Å². The summed E-state index contributed by atoms with van der Waals surface area (Å²) in [7, 11) is 3.77. The second-order valence-corrected chi connectivity index (χ2v) is 5.00. The van der Waals surface area contributed by atoms with Crippen molar-refractivity contribution in [2.24, 2.45) is 11.7 Å². The van der Waals surface area contributed by atoms with Gasteiger partial charge in [0.05, 0.1) is 6.42 Å². The number of nitrogens with two attached hydrogens (primary N) is 1. The summed E-state index contributed by atoms with van der Waals surface area (Å²) in [6.45, 7) is 2.77. The van der Waals surface area contributed by atoms with Gasteiger partial charge in [0.2, 0.25) is 5.91 Å². The fourth-order valence-corrected chi connectivity index (χ4v) is 2.60. The van der Waals surface area contributed by atoms with Crippen molar-refractivity contribution in [1.29, 1.82) is 0 Å². The summed E-state index contributed by atoms with van der Waals surface area (Å²) in [5.41, 5.74) is 9.09. The topological polar surface area (TPSA) is 58.4 Å². The summed E-state index contributed by atoms with van der Waals surface area (Å²) in [5, 5.41) is 3.30. The van der Waals surface area contributed by atoms with Crippen LogP contribution >= 0.6 is 0 Å². The van der Waals surface area contributed by atoms with E-state index in [2.05, 4.69) is 24.4 Å². The van der Waals surface area contributed by atoms with E-state index in [1.807, 2.05) is 20.2 Å². The molecule has 2 atom stereocenters. The molecule has 0 aromatic heterocycles. The first-order valence-corrected chi connectivity index (χ1v) is 6.35. The van der Waals surface area contributed by atoms with Crippen molar-refractivity contribution in [3.8, 4) is 0 Å². The number of likely N-dealkylation sites (N-methyl/N-ethyl adjacent to an activating group) is 1. The largest absolute Gasteiger partial charge is 0.330 e. The third-order valence-electron chi connectivity index (χ3n) is 3.79. The first kappa shape index (κ1) is 13.1. The molecule has 4 heteroatoms. The van der Waals surface area contributed by atoms with Gasteiger partial charge in [0, 0.05) is 18.8 Å². The van der Waals surface area contributed by atoms with Gasteiger partial charge < -0.3 is 16.0 Å². The van der Waals surface area contributed by atoms with Crippen molar-refractivity contribution in [2.75, 3.05) is 25.5 Å². The number of nitrogens with zero attached hydrogens (tertiary/aromatic N) is 1. The lowest BCUT2D eigenvalue weighted by Crippen LogP contribution is -2.28. The molecule has 18 heavy (non-hydrogen) atoms. The van der Waals surface area contributed by atoms with Gasteiger partial charge in [-0.15, -0.1) is 0 Å². The third kappa shape index (κ3) is 2.13. The van der Waals surface area contributed by atoms with E-state index in [1.165, 1.54) is 5.56 Å². The molecule has 0 radical (unpaired) electrons. The maximum atomic E-state index is 11.7. The first-order chi connectivity index (χ1) is 8.58. The van der Waals surface area contributed by atoms with E-state index in [4.69, 9.17) is 5.73 Å². The van der Waals surface area contributed by atoms with Crippen molar-refractivity contribution < 1.29 is 4.79 Å². The number of carbonyl (C=O) groups is 1. The van der Waals surface area contributed by atoms with Crippen LogP contribution in [0.1, 0.15) is 24.1 Å². The number of nitrogens with one attached hydrogen (secondary N) is 1. The molecule has 1 heterocycles. The lowest BCUT2D eigenvalue weighted by Gasteiger charge is -2.23. The van der Waals surface area contributed by atoms with Gasteiger partial charge in [0.15, 0.2) is 0 Å². The van der Waals surface area contributed by atoms with Crippen LogP contribution in [-0.4, -0.2) is 26.5 Å². The maximum Gasteiger partial charge on any atom is 0.231 e. The molecule has 1 aliphatic rings. The molecule has 2 rings (SSSR count). The van der Waals surface area contributed by atoms with Gasteiger partial charge in [-0.1, -0.05) is 19.1 Å². The smallest absolute Gasteiger partial charge is 0.231 e. The molecule has 0 aliphatic carbocycles. The number of amides is 1. The highest BCUT2D eigenvalue weighted by atomic mass is 16.2. The summed E-state index contributed by atoms with van der Waals surface area (Å²) in [6.07, 6.45) is 0.507. The maximum absolute atomic E-state index is 11.7. The van der Waals surface area contributed by atoms with Gasteiger partial charge in [-0.05, 0) is 36.7 Å². The third-order valence-corrected chi connectivity index (χ3v) is 3.79. The summed E-state index contributed by atoms with van der Waals surface area (Å²) >= 11 is 0. The van der Waals surface area contributed by atoms with Crippen molar-refractivity contribution in [2.45, 2.75) is 19.4 Å². The molecule has 0 bridgehead atoms. The highest BCUT2D eigenvalue weighted by molar-refractivity contribution is 6.00. The fraction of sp³-hybridized carbons (Fsp3) is 0.500. The zero-order valence-corrected chi connectivity index (χ0v) is 11.2. The number of hydrogen-bond acceptors (Lipinski definition) is 3. The van der Waals surface area contributed by atoms with Crippen LogP contribution in [0, 0.1) is 5.92 Å². The van der Waals surface area contributed by atoms with Crippen LogP contribution in [-0.2, 0) is 11.2 Å². The molecule has 1 aromatic carbocycles. The summed E-state index contributed by atoms with van der Waals surface area (Å²) in [6, 6.07) is 6.48. The molecule has 2 unspecified atom stereocenters. The van der Waals surface area contributed by atoms with E-state index in [-0.39, 0.29) is 11.9 Å². The van der Waals surface area contributed by atoms with Gasteiger partial charge in [-0.25, -0.2) is 0 Å². The molecule has 0 fully saturated rings. The Morgan fingerprint density at radius 1 is 1.50 bits per heavy atom. The molecule has 1 aromatic rings. The van der Waals surface area contributed by atoms with Crippen molar-refractivity contribution in [3.63, 3.8) is 0 Å². The fourth-order valence-electron chi connectivity index (χ4n) is 2.60. The van der Waals surface area contributed by atoms with Crippen molar-refractivity contribution >= 4 is 11.6 Å². The standard InChI is InChI=1S/C14H21N3O/c1-9(8-15)14(16-2)10-4-5-12-11(6-10)7-13(18)17(12)3/h4-6,9,14,16H,7-8,15H2,1-3H3.